The normalized spacial score (nSPS) is 24.2. The molecule has 2 unspecified atom stereocenters. The van der Waals surface area contributed by atoms with Gasteiger partial charge >= 0.3 is 0 Å². The molecule has 0 spiro atoms. The first-order chi connectivity index (χ1) is 13.2. The average molecular weight is 414 g/mol. The van der Waals surface area contributed by atoms with Crippen LogP contribution in [0.4, 0.5) is 0 Å². The number of hydrogen-bond acceptors (Lipinski definition) is 7. The summed E-state index contributed by atoms with van der Waals surface area (Å²) in [7, 11) is 0. The Hall–Kier alpha value is -2.03. The molecule has 8 heteroatoms. The van der Waals surface area contributed by atoms with Crippen molar-refractivity contribution in [1.82, 2.24) is 9.91 Å². The Bertz CT molecular complexity index is 946. The fraction of sp³-hybridized carbons (Fsp3) is 0.158. The van der Waals surface area contributed by atoms with E-state index in [0.717, 1.165) is 21.3 Å². The quantitative estimate of drug-likeness (QED) is 0.781. The van der Waals surface area contributed by atoms with Gasteiger partial charge in [-0.15, -0.1) is 16.9 Å². The predicted molar refractivity (Wildman–Crippen MR) is 112 cm³/mol. The lowest BCUT2D eigenvalue weighted by atomic mass is 10.2. The number of phenolic OH excluding ortho intramolecular Hbond substituents is 1. The first-order valence-corrected chi connectivity index (χ1v) is 11.2. The number of phenols is 1. The Labute approximate surface area is 169 Å². The van der Waals surface area contributed by atoms with E-state index in [0.29, 0.717) is 5.75 Å². The zero-order valence-electron chi connectivity index (χ0n) is 14.1. The third-order valence-electron chi connectivity index (χ3n) is 4.47. The summed E-state index contributed by atoms with van der Waals surface area (Å²) in [5, 5.41) is 20.1. The molecule has 27 heavy (non-hydrogen) atoms. The van der Waals surface area contributed by atoms with Crippen molar-refractivity contribution in [2.75, 3.05) is 5.75 Å². The molecule has 1 N–H and O–H groups in total. The van der Waals surface area contributed by atoms with Crippen molar-refractivity contribution in [2.24, 2.45) is 5.10 Å². The van der Waals surface area contributed by atoms with Crippen LogP contribution in [0.1, 0.15) is 21.9 Å². The van der Waals surface area contributed by atoms with Gasteiger partial charge < -0.3 is 5.11 Å². The molecular weight excluding hydrogens is 398 g/mol. The van der Waals surface area contributed by atoms with Crippen molar-refractivity contribution >= 4 is 46.4 Å². The third-order valence-corrected chi connectivity index (χ3v) is 7.90. The van der Waals surface area contributed by atoms with E-state index in [-0.39, 0.29) is 22.4 Å². The molecule has 5 nitrogen and oxygen atoms in total. The van der Waals surface area contributed by atoms with Crippen LogP contribution in [0.15, 0.2) is 70.1 Å². The number of carbonyl (C=O) groups is 1. The minimum atomic E-state index is -0.0367. The fourth-order valence-electron chi connectivity index (χ4n) is 3.18. The van der Waals surface area contributed by atoms with E-state index < -0.39 is 0 Å². The molecule has 0 aliphatic carbocycles. The van der Waals surface area contributed by atoms with E-state index in [4.69, 9.17) is 5.10 Å². The molecule has 3 aliphatic rings. The molecule has 3 aliphatic heterocycles. The summed E-state index contributed by atoms with van der Waals surface area (Å²) in [5.41, 5.74) is 2.18. The number of rotatable bonds is 2. The second kappa shape index (κ2) is 6.85. The van der Waals surface area contributed by atoms with E-state index in [1.807, 2.05) is 40.2 Å². The molecule has 2 atom stereocenters. The van der Waals surface area contributed by atoms with Gasteiger partial charge in [-0.2, -0.15) is 0 Å². The van der Waals surface area contributed by atoms with Crippen molar-refractivity contribution in [2.45, 2.75) is 10.7 Å². The number of amides is 1. The maximum atomic E-state index is 12.6. The van der Waals surface area contributed by atoms with E-state index in [1.54, 1.807) is 47.4 Å². The van der Waals surface area contributed by atoms with Crippen LogP contribution in [0.5, 0.6) is 5.75 Å². The van der Waals surface area contributed by atoms with Crippen LogP contribution in [0.25, 0.3) is 0 Å². The van der Waals surface area contributed by atoms with Crippen LogP contribution in [-0.2, 0) is 4.79 Å². The van der Waals surface area contributed by atoms with Crippen molar-refractivity contribution in [3.05, 3.63) is 76.2 Å². The summed E-state index contributed by atoms with van der Waals surface area (Å²) < 4.78 is 0. The first-order valence-electron chi connectivity index (χ1n) is 8.39. The molecule has 0 bridgehead atoms. The lowest BCUT2D eigenvalue weighted by Crippen LogP contribution is -2.32. The molecule has 136 valence electrons. The van der Waals surface area contributed by atoms with Gasteiger partial charge in [0, 0.05) is 5.41 Å². The van der Waals surface area contributed by atoms with Crippen LogP contribution in [0, 0.1) is 0 Å². The van der Waals surface area contributed by atoms with Crippen molar-refractivity contribution < 1.29 is 9.90 Å². The average Bonchev–Trinajstić information content (AvgIpc) is 3.37. The van der Waals surface area contributed by atoms with Crippen molar-refractivity contribution in [3.63, 3.8) is 0 Å². The van der Waals surface area contributed by atoms with Gasteiger partial charge in [0.25, 0.3) is 0 Å². The number of thioether (sulfide) groups is 3. The van der Waals surface area contributed by atoms with Gasteiger partial charge in [-0.05, 0) is 35.0 Å². The summed E-state index contributed by atoms with van der Waals surface area (Å²) in [4.78, 5) is 14.4. The fourth-order valence-corrected chi connectivity index (χ4v) is 6.63. The molecule has 5 rings (SSSR count). The van der Waals surface area contributed by atoms with Crippen molar-refractivity contribution in [1.29, 1.82) is 0 Å². The van der Waals surface area contributed by atoms with Gasteiger partial charge in [-0.25, -0.2) is 5.01 Å². The monoisotopic (exact) mass is 413 g/mol. The topological polar surface area (TPSA) is 56.1 Å². The van der Waals surface area contributed by atoms with Gasteiger partial charge in [-0.3, -0.25) is 9.69 Å². The van der Waals surface area contributed by atoms with Crippen LogP contribution >= 0.6 is 35.3 Å². The van der Waals surface area contributed by atoms with Gasteiger partial charge in [0.05, 0.1) is 5.75 Å². The largest absolute Gasteiger partial charge is 0.508 e. The number of fused-ring (bicyclic) bond motifs is 1. The molecule has 1 fully saturated rings. The molecular formula is C19H15N3O2S3. The smallest absolute Gasteiger partial charge is 0.239 e. The minimum absolute atomic E-state index is 0.0196. The van der Waals surface area contributed by atoms with Gasteiger partial charge in [0.2, 0.25) is 5.91 Å². The summed E-state index contributed by atoms with van der Waals surface area (Å²) in [6, 6.07) is 17.3. The van der Waals surface area contributed by atoms with Crippen LogP contribution < -0.4 is 0 Å². The molecule has 0 saturated carbocycles. The summed E-state index contributed by atoms with van der Waals surface area (Å²) in [5.74, 6) is 0.810. The molecule has 3 heterocycles. The Morgan fingerprint density at radius 3 is 2.52 bits per heavy atom. The zero-order valence-corrected chi connectivity index (χ0v) is 16.5. The number of nitrogens with zero attached hydrogens (tertiary/aromatic N) is 3. The lowest BCUT2D eigenvalue weighted by molar-refractivity contribution is -0.124. The molecule has 1 saturated heterocycles. The van der Waals surface area contributed by atoms with E-state index in [1.165, 1.54) is 0 Å². The maximum absolute atomic E-state index is 12.6. The molecule has 2 aromatic rings. The van der Waals surface area contributed by atoms with Gasteiger partial charge in [0.1, 0.15) is 21.5 Å². The van der Waals surface area contributed by atoms with Crippen LogP contribution in [0.3, 0.4) is 0 Å². The van der Waals surface area contributed by atoms with Gasteiger partial charge in [0.15, 0.2) is 5.17 Å². The number of benzene rings is 2. The van der Waals surface area contributed by atoms with Crippen LogP contribution in [-0.4, -0.2) is 31.8 Å². The Morgan fingerprint density at radius 2 is 1.74 bits per heavy atom. The molecule has 0 aromatic heterocycles. The second-order valence-electron chi connectivity index (χ2n) is 6.20. The highest BCUT2D eigenvalue weighted by Gasteiger charge is 2.42. The second-order valence-corrected chi connectivity index (χ2v) is 9.21. The highest BCUT2D eigenvalue weighted by Crippen LogP contribution is 2.52. The molecule has 0 radical (unpaired) electrons. The molecule has 2 aromatic carbocycles. The number of hydrazone groups is 1. The minimum Gasteiger partial charge on any atom is -0.508 e. The number of carbonyl (C=O) groups excluding carboxylic acids is 1. The SMILES string of the molecule is O=C1CSC(c2ccccc2)N1C1=NN2C(=CSC2c2ccc(O)cc2)S1. The first kappa shape index (κ1) is 17.1. The molecule has 1 amide bonds. The number of aromatic hydroxyl groups is 1. The van der Waals surface area contributed by atoms with E-state index in [9.17, 15) is 9.90 Å². The van der Waals surface area contributed by atoms with E-state index in [2.05, 4.69) is 17.5 Å². The van der Waals surface area contributed by atoms with Gasteiger partial charge in [-0.1, -0.05) is 54.2 Å². The Balaban J connectivity index is 1.44. The zero-order chi connectivity index (χ0) is 18.4. The highest BCUT2D eigenvalue weighted by atomic mass is 32.2. The highest BCUT2D eigenvalue weighted by molar-refractivity contribution is 8.18. The summed E-state index contributed by atoms with van der Waals surface area (Å²) in [6.45, 7) is 0. The predicted octanol–water partition coefficient (Wildman–Crippen LogP) is 4.53. The number of amidine groups is 1. The number of hydrogen-bond donors (Lipinski definition) is 1. The van der Waals surface area contributed by atoms with Crippen LogP contribution in [0.2, 0.25) is 0 Å². The summed E-state index contributed by atoms with van der Waals surface area (Å²) >= 11 is 4.86. The third kappa shape index (κ3) is 3.01. The van der Waals surface area contributed by atoms with Crippen molar-refractivity contribution in [3.8, 4) is 5.75 Å². The summed E-state index contributed by atoms with van der Waals surface area (Å²) in [6.07, 6.45) is 0. The van der Waals surface area contributed by atoms with E-state index >= 15 is 0 Å². The Kier molecular flexibility index (Phi) is 4.34. The lowest BCUT2D eigenvalue weighted by Gasteiger charge is -2.23. The Morgan fingerprint density at radius 1 is 1.00 bits per heavy atom. The maximum Gasteiger partial charge on any atom is 0.239 e. The standard InChI is InChI=1S/C19H15N3O2S3/c23-14-8-6-13(7-9-14)18-22-16(11-26-18)27-19(20-22)21-15(24)10-25-17(21)12-4-2-1-3-5-12/h1-9,11,17-18,23H,10H2.